The molecule has 0 saturated heterocycles. The summed E-state index contributed by atoms with van der Waals surface area (Å²) in [6.45, 7) is 2.08. The minimum Gasteiger partial charge on any atom is -0.356 e. The summed E-state index contributed by atoms with van der Waals surface area (Å²) in [5, 5.41) is 11.3. The van der Waals surface area contributed by atoms with Crippen LogP contribution in [0.2, 0.25) is 0 Å². The van der Waals surface area contributed by atoms with Gasteiger partial charge in [-0.25, -0.2) is 13.6 Å². The Hall–Kier alpha value is -1.70. The van der Waals surface area contributed by atoms with Crippen molar-refractivity contribution in [2.75, 3.05) is 19.6 Å². The third-order valence-electron chi connectivity index (χ3n) is 4.52. The van der Waals surface area contributed by atoms with Crippen LogP contribution in [0.3, 0.4) is 0 Å². The van der Waals surface area contributed by atoms with Crippen LogP contribution in [0, 0.1) is 0 Å². The van der Waals surface area contributed by atoms with Crippen molar-refractivity contribution >= 4 is 15.9 Å². The van der Waals surface area contributed by atoms with Crippen LogP contribution in [0.1, 0.15) is 44.1 Å². The second-order valence-electron chi connectivity index (χ2n) is 6.65. The number of allylic oxidation sites excluding steroid dienone is 1. The molecule has 26 heavy (non-hydrogen) atoms. The second kappa shape index (κ2) is 10.4. The summed E-state index contributed by atoms with van der Waals surface area (Å²) in [5.41, 5.74) is 2.50. The molecule has 0 fully saturated rings. The molecule has 0 radical (unpaired) electrons. The van der Waals surface area contributed by atoms with Gasteiger partial charge in [0.1, 0.15) is 0 Å². The van der Waals surface area contributed by atoms with E-state index in [0.29, 0.717) is 13.0 Å². The molecule has 4 N–H and O–H groups in total. The Morgan fingerprint density at radius 2 is 1.81 bits per heavy atom. The zero-order valence-corrected chi connectivity index (χ0v) is 16.0. The number of nitrogens with one attached hydrogen (secondary N) is 2. The Morgan fingerprint density at radius 1 is 1.04 bits per heavy atom. The summed E-state index contributed by atoms with van der Waals surface area (Å²) in [7, 11) is -3.64. The van der Waals surface area contributed by atoms with Gasteiger partial charge in [0.2, 0.25) is 15.9 Å². The van der Waals surface area contributed by atoms with Crippen molar-refractivity contribution in [3.05, 3.63) is 41.5 Å². The van der Waals surface area contributed by atoms with E-state index in [0.717, 1.165) is 31.5 Å². The lowest BCUT2D eigenvalue weighted by molar-refractivity contribution is -0.120. The largest absolute Gasteiger partial charge is 0.356 e. The highest BCUT2D eigenvalue weighted by molar-refractivity contribution is 7.89. The molecule has 0 aliphatic heterocycles. The molecule has 0 saturated carbocycles. The van der Waals surface area contributed by atoms with Gasteiger partial charge in [-0.05, 0) is 62.8 Å². The van der Waals surface area contributed by atoms with Crippen LogP contribution in [-0.2, 0) is 21.2 Å². The van der Waals surface area contributed by atoms with Gasteiger partial charge in [0.25, 0.3) is 0 Å². The Balaban J connectivity index is 1.54. The minimum absolute atomic E-state index is 0.0754. The van der Waals surface area contributed by atoms with E-state index < -0.39 is 10.0 Å². The van der Waals surface area contributed by atoms with E-state index in [-0.39, 0.29) is 10.8 Å². The minimum atomic E-state index is -3.64. The molecule has 1 amide bonds. The third kappa shape index (κ3) is 7.68. The average Bonchev–Trinajstić information content (AvgIpc) is 2.62. The fourth-order valence-corrected chi connectivity index (χ4v) is 3.50. The SMILES string of the molecule is NS(=O)(=O)c1ccc(CCNCCC(=O)NCCC2=CCCCC2)cc1. The smallest absolute Gasteiger partial charge is 0.238 e. The summed E-state index contributed by atoms with van der Waals surface area (Å²) in [5.74, 6) is 0.0754. The van der Waals surface area contributed by atoms with Gasteiger partial charge in [0, 0.05) is 19.5 Å². The standard InChI is InChI=1S/C19H29N3O3S/c20-26(24,25)18-8-6-17(7-9-18)10-13-21-14-12-19(23)22-15-11-16-4-2-1-3-5-16/h4,6-9,21H,1-3,5,10-15H2,(H,22,23)(H2,20,24,25). The first kappa shape index (κ1) is 20.6. The van der Waals surface area contributed by atoms with E-state index in [1.165, 1.54) is 43.4 Å². The molecule has 2 rings (SSSR count). The Morgan fingerprint density at radius 3 is 2.46 bits per heavy atom. The summed E-state index contributed by atoms with van der Waals surface area (Å²) in [4.78, 5) is 11.9. The number of hydrogen-bond acceptors (Lipinski definition) is 4. The monoisotopic (exact) mass is 379 g/mol. The fourth-order valence-electron chi connectivity index (χ4n) is 2.99. The van der Waals surface area contributed by atoms with E-state index in [2.05, 4.69) is 16.7 Å². The molecule has 1 aromatic carbocycles. The molecule has 0 atom stereocenters. The quantitative estimate of drug-likeness (QED) is 0.427. The number of rotatable bonds is 10. The van der Waals surface area contributed by atoms with Gasteiger partial charge in [-0.3, -0.25) is 4.79 Å². The average molecular weight is 380 g/mol. The first-order valence-electron chi connectivity index (χ1n) is 9.22. The highest BCUT2D eigenvalue weighted by atomic mass is 32.2. The maximum Gasteiger partial charge on any atom is 0.238 e. The number of benzene rings is 1. The molecular weight excluding hydrogens is 350 g/mol. The van der Waals surface area contributed by atoms with Gasteiger partial charge in [-0.15, -0.1) is 0 Å². The fraction of sp³-hybridized carbons (Fsp3) is 0.526. The highest BCUT2D eigenvalue weighted by Crippen LogP contribution is 2.19. The number of hydrogen-bond donors (Lipinski definition) is 3. The molecule has 1 aliphatic rings. The maximum atomic E-state index is 11.8. The van der Waals surface area contributed by atoms with Gasteiger partial charge in [-0.1, -0.05) is 23.8 Å². The van der Waals surface area contributed by atoms with Gasteiger partial charge >= 0.3 is 0 Å². The molecule has 0 heterocycles. The van der Waals surface area contributed by atoms with Crippen molar-refractivity contribution in [3.63, 3.8) is 0 Å². The molecule has 0 unspecified atom stereocenters. The van der Waals surface area contributed by atoms with Crippen LogP contribution in [0.5, 0.6) is 0 Å². The lowest BCUT2D eigenvalue weighted by atomic mass is 9.97. The summed E-state index contributed by atoms with van der Waals surface area (Å²) < 4.78 is 22.4. The normalized spacial score (nSPS) is 14.7. The summed E-state index contributed by atoms with van der Waals surface area (Å²) in [6, 6.07) is 6.54. The van der Waals surface area contributed by atoms with Gasteiger partial charge in [0.15, 0.2) is 0 Å². The second-order valence-corrected chi connectivity index (χ2v) is 8.21. The topological polar surface area (TPSA) is 101 Å². The molecule has 7 heteroatoms. The van der Waals surface area contributed by atoms with E-state index in [1.807, 2.05) is 0 Å². The molecule has 1 aromatic rings. The van der Waals surface area contributed by atoms with E-state index >= 15 is 0 Å². The van der Waals surface area contributed by atoms with Crippen LogP contribution in [0.4, 0.5) is 0 Å². The number of nitrogens with two attached hydrogens (primary N) is 1. The van der Waals surface area contributed by atoms with E-state index in [1.54, 1.807) is 12.1 Å². The summed E-state index contributed by atoms with van der Waals surface area (Å²) in [6.07, 6.45) is 9.42. The van der Waals surface area contributed by atoms with E-state index in [9.17, 15) is 13.2 Å². The predicted octanol–water partition coefficient (Wildman–Crippen LogP) is 1.86. The van der Waals surface area contributed by atoms with Crippen LogP contribution in [0.25, 0.3) is 0 Å². The van der Waals surface area contributed by atoms with E-state index in [4.69, 9.17) is 5.14 Å². The van der Waals surface area contributed by atoms with Crippen molar-refractivity contribution in [1.29, 1.82) is 0 Å². The lowest BCUT2D eigenvalue weighted by Gasteiger charge is -2.13. The highest BCUT2D eigenvalue weighted by Gasteiger charge is 2.07. The van der Waals surface area contributed by atoms with Crippen molar-refractivity contribution < 1.29 is 13.2 Å². The van der Waals surface area contributed by atoms with Crippen molar-refractivity contribution in [3.8, 4) is 0 Å². The molecule has 0 spiro atoms. The number of carbonyl (C=O) groups excluding carboxylic acids is 1. The third-order valence-corrected chi connectivity index (χ3v) is 5.45. The number of carbonyl (C=O) groups is 1. The van der Waals surface area contributed by atoms with Crippen LogP contribution in [-0.4, -0.2) is 34.0 Å². The Kier molecular flexibility index (Phi) is 8.28. The van der Waals surface area contributed by atoms with Gasteiger partial charge in [-0.2, -0.15) is 0 Å². The first-order chi connectivity index (χ1) is 12.4. The van der Waals surface area contributed by atoms with Crippen molar-refractivity contribution in [2.24, 2.45) is 5.14 Å². The van der Waals surface area contributed by atoms with Crippen LogP contribution < -0.4 is 15.8 Å². The molecule has 144 valence electrons. The molecule has 0 aromatic heterocycles. The Labute approximate surface area is 156 Å². The zero-order valence-electron chi connectivity index (χ0n) is 15.2. The van der Waals surface area contributed by atoms with Gasteiger partial charge < -0.3 is 10.6 Å². The maximum absolute atomic E-state index is 11.8. The molecular formula is C19H29N3O3S. The molecule has 0 bridgehead atoms. The predicted molar refractivity (Wildman–Crippen MR) is 103 cm³/mol. The Bertz CT molecular complexity index is 712. The zero-order chi connectivity index (χ0) is 18.8. The number of sulfonamides is 1. The van der Waals surface area contributed by atoms with Crippen molar-refractivity contribution in [1.82, 2.24) is 10.6 Å². The van der Waals surface area contributed by atoms with Crippen molar-refractivity contribution in [2.45, 2.75) is 49.8 Å². The number of primary sulfonamides is 1. The van der Waals surface area contributed by atoms with Crippen LogP contribution >= 0.6 is 0 Å². The summed E-state index contributed by atoms with van der Waals surface area (Å²) >= 11 is 0. The first-order valence-corrected chi connectivity index (χ1v) is 10.8. The molecule has 6 nitrogen and oxygen atoms in total. The van der Waals surface area contributed by atoms with Crippen LogP contribution in [0.15, 0.2) is 40.8 Å². The lowest BCUT2D eigenvalue weighted by Crippen LogP contribution is -2.29. The number of amides is 1. The van der Waals surface area contributed by atoms with Gasteiger partial charge in [0.05, 0.1) is 4.90 Å². The molecule has 1 aliphatic carbocycles.